The number of carbonyl (C=O) groups is 1. The molecule has 2 N–H and O–H groups in total. The van der Waals surface area contributed by atoms with Gasteiger partial charge in [-0.15, -0.1) is 0 Å². The molecule has 0 saturated carbocycles. The molecule has 0 aliphatic rings. The molecule has 5 aromatic rings. The second-order valence-electron chi connectivity index (χ2n) is 11.4. The number of nitriles is 1. The average molecular weight is 617 g/mol. The van der Waals surface area contributed by atoms with E-state index in [1.54, 1.807) is 51.1 Å². The van der Waals surface area contributed by atoms with E-state index in [-0.39, 0.29) is 17.1 Å². The van der Waals surface area contributed by atoms with Gasteiger partial charge in [-0.2, -0.15) is 23.5 Å². The van der Waals surface area contributed by atoms with Crippen LogP contribution in [0.3, 0.4) is 0 Å². The van der Waals surface area contributed by atoms with E-state index in [1.165, 1.54) is 23.0 Å². The van der Waals surface area contributed by atoms with Crippen LogP contribution in [-0.4, -0.2) is 48.9 Å². The number of nitrogens with zero attached hydrogens (tertiary/aromatic N) is 6. The first kappa shape index (κ1) is 31.1. The summed E-state index contributed by atoms with van der Waals surface area (Å²) in [6.07, 6.45) is -3.16. The van der Waals surface area contributed by atoms with Crippen LogP contribution < -0.4 is 11.0 Å². The third-order valence-electron chi connectivity index (χ3n) is 7.37. The highest BCUT2D eigenvalue weighted by molar-refractivity contribution is 5.84. The standard InChI is InChI=1S/C32H31F3N8O2/c1-20-28(26-15-16-37-43(26)24-12-9-21(18-36)10-13-24)42(30(45)41(20)25-8-6-7-22(17-25)32(33,34)35)29(44)39-31(2,3)27-14-11-23(38-27)19-40(4)5/h6-17,38H,19H2,1-5H3,(H,39,44). The average Bonchev–Trinajstić information content (AvgIpc) is 3.70. The first-order valence-corrected chi connectivity index (χ1v) is 13.9. The lowest BCUT2D eigenvalue weighted by atomic mass is 10.0. The Balaban J connectivity index is 1.67. The normalized spacial score (nSPS) is 12.0. The molecule has 0 bridgehead atoms. The van der Waals surface area contributed by atoms with E-state index in [0.29, 0.717) is 29.2 Å². The van der Waals surface area contributed by atoms with Crippen molar-refractivity contribution in [1.82, 2.24) is 34.1 Å². The zero-order chi connectivity index (χ0) is 32.7. The van der Waals surface area contributed by atoms with Crippen LogP contribution in [0.2, 0.25) is 0 Å². The highest BCUT2D eigenvalue weighted by Crippen LogP contribution is 2.32. The van der Waals surface area contributed by atoms with Gasteiger partial charge in [0.2, 0.25) is 0 Å². The fourth-order valence-electron chi connectivity index (χ4n) is 5.21. The topological polar surface area (TPSA) is 117 Å². The predicted molar refractivity (Wildman–Crippen MR) is 162 cm³/mol. The second kappa shape index (κ2) is 11.6. The van der Waals surface area contributed by atoms with Crippen molar-refractivity contribution < 1.29 is 18.0 Å². The summed E-state index contributed by atoms with van der Waals surface area (Å²) in [5, 5.41) is 16.5. The summed E-state index contributed by atoms with van der Waals surface area (Å²) in [7, 11) is 3.86. The summed E-state index contributed by atoms with van der Waals surface area (Å²) < 4.78 is 44.4. The van der Waals surface area contributed by atoms with Crippen LogP contribution in [0.4, 0.5) is 18.0 Å². The number of aromatic amines is 1. The molecule has 232 valence electrons. The minimum Gasteiger partial charge on any atom is -0.359 e. The van der Waals surface area contributed by atoms with E-state index >= 15 is 0 Å². The van der Waals surface area contributed by atoms with Crippen LogP contribution in [0.1, 0.15) is 42.1 Å². The molecule has 0 aliphatic carbocycles. The van der Waals surface area contributed by atoms with Crippen LogP contribution in [0.25, 0.3) is 22.8 Å². The van der Waals surface area contributed by atoms with Gasteiger partial charge in [-0.1, -0.05) is 6.07 Å². The van der Waals surface area contributed by atoms with Crippen LogP contribution in [-0.2, 0) is 18.3 Å². The molecule has 0 radical (unpaired) electrons. The third kappa shape index (κ3) is 6.05. The molecule has 0 unspecified atom stereocenters. The molecule has 0 aliphatic heterocycles. The lowest BCUT2D eigenvalue weighted by Crippen LogP contribution is -2.46. The molecule has 13 heteroatoms. The van der Waals surface area contributed by atoms with Crippen molar-refractivity contribution in [3.63, 3.8) is 0 Å². The van der Waals surface area contributed by atoms with Gasteiger partial charge in [-0.3, -0.25) is 4.57 Å². The first-order chi connectivity index (χ1) is 21.2. The lowest BCUT2D eigenvalue weighted by Gasteiger charge is -2.26. The molecule has 2 aromatic carbocycles. The Kier molecular flexibility index (Phi) is 8.03. The van der Waals surface area contributed by atoms with E-state index in [9.17, 15) is 28.0 Å². The minimum atomic E-state index is -4.64. The minimum absolute atomic E-state index is 0.0541. The molecule has 45 heavy (non-hydrogen) atoms. The van der Waals surface area contributed by atoms with Gasteiger partial charge in [0, 0.05) is 17.9 Å². The molecular weight excluding hydrogens is 585 g/mol. The number of nitrogens with one attached hydrogen (secondary N) is 2. The molecule has 3 heterocycles. The maximum absolute atomic E-state index is 14.1. The molecule has 0 saturated heterocycles. The van der Waals surface area contributed by atoms with Gasteiger partial charge >= 0.3 is 17.9 Å². The number of halogens is 3. The summed E-state index contributed by atoms with van der Waals surface area (Å²) >= 11 is 0. The first-order valence-electron chi connectivity index (χ1n) is 13.9. The largest absolute Gasteiger partial charge is 0.416 e. The summed E-state index contributed by atoms with van der Waals surface area (Å²) in [5.74, 6) is 0. The van der Waals surface area contributed by atoms with Gasteiger partial charge in [0.25, 0.3) is 0 Å². The molecule has 1 amide bonds. The molecule has 3 aromatic heterocycles. The monoisotopic (exact) mass is 616 g/mol. The lowest BCUT2D eigenvalue weighted by molar-refractivity contribution is -0.137. The summed E-state index contributed by atoms with van der Waals surface area (Å²) in [6.45, 7) is 5.75. The summed E-state index contributed by atoms with van der Waals surface area (Å²) in [6, 6.07) is 17.5. The molecule has 5 rings (SSSR count). The van der Waals surface area contributed by atoms with Gasteiger partial charge < -0.3 is 15.2 Å². The zero-order valence-electron chi connectivity index (χ0n) is 25.3. The van der Waals surface area contributed by atoms with Crippen molar-refractivity contribution in [2.75, 3.05) is 14.1 Å². The summed E-state index contributed by atoms with van der Waals surface area (Å²) in [4.78, 5) is 33.5. The van der Waals surface area contributed by atoms with Crippen molar-refractivity contribution in [1.29, 1.82) is 5.26 Å². The fourth-order valence-corrected chi connectivity index (χ4v) is 5.21. The Morgan fingerprint density at radius 2 is 1.76 bits per heavy atom. The zero-order valence-corrected chi connectivity index (χ0v) is 25.3. The molecular formula is C32H31F3N8O2. The van der Waals surface area contributed by atoms with E-state index < -0.39 is 29.0 Å². The predicted octanol–water partition coefficient (Wildman–Crippen LogP) is 5.57. The number of carbonyl (C=O) groups excluding carboxylic acids is 1. The van der Waals surface area contributed by atoms with Crippen LogP contribution in [0.15, 0.2) is 77.7 Å². The SMILES string of the molecule is Cc1c(-c2ccnn2-c2ccc(C#N)cc2)n(C(=O)NC(C)(C)c2ccc(CN(C)C)[nH]2)c(=O)n1-c1cccc(C(F)(F)F)c1. The van der Waals surface area contributed by atoms with Gasteiger partial charge in [0.1, 0.15) is 5.69 Å². The number of aromatic nitrogens is 5. The number of rotatable bonds is 7. The maximum atomic E-state index is 14.1. The maximum Gasteiger partial charge on any atom is 0.416 e. The number of H-pyrrole nitrogens is 1. The smallest absolute Gasteiger partial charge is 0.359 e. The molecule has 0 spiro atoms. The summed E-state index contributed by atoms with van der Waals surface area (Å²) in [5.41, 5.74) is 0.447. The quantitative estimate of drug-likeness (QED) is 0.248. The number of hydrogen-bond donors (Lipinski definition) is 2. The van der Waals surface area contributed by atoms with Gasteiger partial charge in [0.15, 0.2) is 0 Å². The number of amides is 1. The van der Waals surface area contributed by atoms with Crippen molar-refractivity contribution >= 4 is 6.03 Å². The van der Waals surface area contributed by atoms with Crippen molar-refractivity contribution in [3.8, 4) is 28.8 Å². The van der Waals surface area contributed by atoms with E-state index in [2.05, 4.69) is 21.5 Å². The highest BCUT2D eigenvalue weighted by Gasteiger charge is 2.33. The van der Waals surface area contributed by atoms with Crippen molar-refractivity contribution in [3.05, 3.63) is 112 Å². The fraction of sp³-hybridized carbons (Fsp3) is 0.250. The van der Waals surface area contributed by atoms with Gasteiger partial charge in [0.05, 0.1) is 51.7 Å². The molecule has 0 fully saturated rings. The Bertz CT molecular complexity index is 1970. The van der Waals surface area contributed by atoms with E-state index in [4.69, 9.17) is 0 Å². The van der Waals surface area contributed by atoms with E-state index in [0.717, 1.165) is 27.0 Å². The third-order valence-corrected chi connectivity index (χ3v) is 7.37. The Hall–Kier alpha value is -5.35. The molecule has 0 atom stereocenters. The number of imidazole rings is 1. The second-order valence-corrected chi connectivity index (χ2v) is 11.4. The van der Waals surface area contributed by atoms with Crippen LogP contribution in [0.5, 0.6) is 0 Å². The number of hydrogen-bond acceptors (Lipinski definition) is 5. The highest BCUT2D eigenvalue weighted by atomic mass is 19.4. The Labute approximate surface area is 256 Å². The van der Waals surface area contributed by atoms with Gasteiger partial charge in [-0.25, -0.2) is 18.8 Å². The Morgan fingerprint density at radius 3 is 2.40 bits per heavy atom. The van der Waals surface area contributed by atoms with Gasteiger partial charge in [-0.05, 0) is 95.5 Å². The molecule has 10 nitrogen and oxygen atoms in total. The Morgan fingerprint density at radius 1 is 1.04 bits per heavy atom. The van der Waals surface area contributed by atoms with Crippen molar-refractivity contribution in [2.24, 2.45) is 0 Å². The number of alkyl halides is 3. The van der Waals surface area contributed by atoms with E-state index in [1.807, 2.05) is 31.1 Å². The van der Waals surface area contributed by atoms with Crippen LogP contribution >= 0.6 is 0 Å². The number of benzene rings is 2. The van der Waals surface area contributed by atoms with Crippen molar-refractivity contribution in [2.45, 2.75) is 39.0 Å². The van der Waals surface area contributed by atoms with Crippen LogP contribution in [0, 0.1) is 18.3 Å².